The van der Waals surface area contributed by atoms with Gasteiger partial charge in [-0.25, -0.2) is 4.79 Å². The van der Waals surface area contributed by atoms with E-state index in [1.54, 1.807) is 26.8 Å². The second kappa shape index (κ2) is 9.42. The van der Waals surface area contributed by atoms with Gasteiger partial charge in [-0.15, -0.1) is 10.2 Å². The Balaban J connectivity index is 1.29. The lowest BCUT2D eigenvalue weighted by atomic mass is 10.0. The first kappa shape index (κ1) is 21.9. The molecule has 0 aliphatic carbocycles. The fourth-order valence-electron chi connectivity index (χ4n) is 3.97. The van der Waals surface area contributed by atoms with Crippen molar-refractivity contribution in [3.8, 4) is 11.8 Å². The van der Waals surface area contributed by atoms with Crippen molar-refractivity contribution >= 4 is 17.6 Å². The van der Waals surface area contributed by atoms with Crippen LogP contribution < -0.4 is 14.4 Å². The van der Waals surface area contributed by atoms with E-state index in [1.807, 2.05) is 12.1 Å². The van der Waals surface area contributed by atoms with Crippen molar-refractivity contribution in [2.75, 3.05) is 44.7 Å². The van der Waals surface area contributed by atoms with Crippen molar-refractivity contribution in [3.05, 3.63) is 42.0 Å². The summed E-state index contributed by atoms with van der Waals surface area (Å²) >= 11 is 0. The van der Waals surface area contributed by atoms with Crippen molar-refractivity contribution in [2.45, 2.75) is 32.3 Å². The van der Waals surface area contributed by atoms with E-state index < -0.39 is 0 Å². The van der Waals surface area contributed by atoms with E-state index in [1.165, 1.54) is 12.7 Å². The minimum Gasteiger partial charge on any atom is -0.480 e. The Morgan fingerprint density at radius 3 is 2.44 bits per heavy atom. The zero-order valence-corrected chi connectivity index (χ0v) is 18.7. The number of nitrogens with zero attached hydrogens (tertiary/aromatic N) is 5. The first-order valence-electron chi connectivity index (χ1n) is 10.9. The first-order chi connectivity index (χ1) is 15.4. The van der Waals surface area contributed by atoms with Gasteiger partial charge in [0.1, 0.15) is 12.6 Å². The normalized spacial score (nSPS) is 18.6. The molecule has 0 saturated carbocycles. The maximum Gasteiger partial charge on any atom is 0.325 e. The summed E-state index contributed by atoms with van der Waals surface area (Å²) in [5.41, 5.74) is 2.10. The van der Waals surface area contributed by atoms with Gasteiger partial charge < -0.3 is 19.3 Å². The standard InChI is InChI=1S/C23H29N5O4/c1-16(2)17-4-6-18(7-5-17)28-13-12-27(23(28)30)15-22(29)26-11-10-19(14-26)32-21-9-8-20(31-3)24-25-21/h4-9,16,19H,10-15H2,1-3H3. The highest BCUT2D eigenvalue weighted by Crippen LogP contribution is 2.24. The lowest BCUT2D eigenvalue weighted by Gasteiger charge is -2.22. The maximum absolute atomic E-state index is 12.9. The number of urea groups is 1. The Morgan fingerprint density at radius 2 is 1.78 bits per heavy atom. The van der Waals surface area contributed by atoms with Crippen LogP contribution in [0.3, 0.4) is 0 Å². The van der Waals surface area contributed by atoms with E-state index in [9.17, 15) is 9.59 Å². The van der Waals surface area contributed by atoms with Crippen LogP contribution in [0, 0.1) is 0 Å². The highest BCUT2D eigenvalue weighted by atomic mass is 16.5. The summed E-state index contributed by atoms with van der Waals surface area (Å²) in [6.45, 7) is 6.53. The lowest BCUT2D eigenvalue weighted by Crippen LogP contribution is -2.42. The molecule has 2 aliphatic heterocycles. The van der Waals surface area contributed by atoms with Crippen molar-refractivity contribution in [3.63, 3.8) is 0 Å². The summed E-state index contributed by atoms with van der Waals surface area (Å²) in [6, 6.07) is 11.3. The number of rotatable bonds is 7. The maximum atomic E-state index is 12.9. The molecule has 1 aromatic carbocycles. The van der Waals surface area contributed by atoms with E-state index in [4.69, 9.17) is 9.47 Å². The molecule has 2 fully saturated rings. The summed E-state index contributed by atoms with van der Waals surface area (Å²) in [5, 5.41) is 7.86. The van der Waals surface area contributed by atoms with Gasteiger partial charge >= 0.3 is 6.03 Å². The summed E-state index contributed by atoms with van der Waals surface area (Å²) < 4.78 is 10.8. The number of carbonyl (C=O) groups is 2. The fourth-order valence-corrected chi connectivity index (χ4v) is 3.97. The summed E-state index contributed by atoms with van der Waals surface area (Å²) in [6.07, 6.45) is 0.564. The molecular weight excluding hydrogens is 410 g/mol. The Morgan fingerprint density at radius 1 is 1.06 bits per heavy atom. The van der Waals surface area contributed by atoms with Gasteiger partial charge in [0, 0.05) is 43.9 Å². The van der Waals surface area contributed by atoms with Gasteiger partial charge in [0.2, 0.25) is 17.7 Å². The van der Waals surface area contributed by atoms with Crippen LogP contribution in [0.25, 0.3) is 0 Å². The predicted molar refractivity (Wildman–Crippen MR) is 119 cm³/mol. The van der Waals surface area contributed by atoms with Crippen LogP contribution in [0.15, 0.2) is 36.4 Å². The quantitative estimate of drug-likeness (QED) is 0.659. The van der Waals surface area contributed by atoms with Crippen LogP contribution in [0.4, 0.5) is 10.5 Å². The highest BCUT2D eigenvalue weighted by molar-refractivity contribution is 5.96. The van der Waals surface area contributed by atoms with Crippen LogP contribution in [0.2, 0.25) is 0 Å². The van der Waals surface area contributed by atoms with Gasteiger partial charge in [0.25, 0.3) is 0 Å². The molecule has 1 unspecified atom stereocenters. The van der Waals surface area contributed by atoms with E-state index >= 15 is 0 Å². The molecule has 2 aliphatic rings. The van der Waals surface area contributed by atoms with E-state index in [-0.39, 0.29) is 24.6 Å². The molecule has 0 spiro atoms. The molecule has 2 saturated heterocycles. The van der Waals surface area contributed by atoms with Crippen molar-refractivity contribution < 1.29 is 19.1 Å². The molecule has 0 radical (unpaired) electrons. The summed E-state index contributed by atoms with van der Waals surface area (Å²) in [7, 11) is 1.53. The topological polar surface area (TPSA) is 88.1 Å². The molecule has 3 amide bonds. The lowest BCUT2D eigenvalue weighted by molar-refractivity contribution is -0.130. The first-order valence-corrected chi connectivity index (χ1v) is 10.9. The van der Waals surface area contributed by atoms with Crippen molar-refractivity contribution in [1.29, 1.82) is 0 Å². The summed E-state index contributed by atoms with van der Waals surface area (Å²) in [4.78, 5) is 30.8. The fraction of sp³-hybridized carbons (Fsp3) is 0.478. The number of methoxy groups -OCH3 is 1. The van der Waals surface area contributed by atoms with Crippen molar-refractivity contribution in [2.24, 2.45) is 0 Å². The molecule has 1 atom stereocenters. The van der Waals surface area contributed by atoms with Gasteiger partial charge in [-0.3, -0.25) is 9.69 Å². The van der Waals surface area contributed by atoms with Crippen LogP contribution in [0.1, 0.15) is 31.7 Å². The van der Waals surface area contributed by atoms with Crippen LogP contribution in [0.5, 0.6) is 11.8 Å². The van der Waals surface area contributed by atoms with E-state index in [0.717, 1.165) is 5.69 Å². The van der Waals surface area contributed by atoms with Gasteiger partial charge in [-0.1, -0.05) is 26.0 Å². The number of aromatic nitrogens is 2. The molecule has 170 valence electrons. The minimum absolute atomic E-state index is 0.0673. The number of anilines is 1. The molecule has 1 aromatic heterocycles. The third kappa shape index (κ3) is 4.76. The van der Waals surface area contributed by atoms with Crippen LogP contribution >= 0.6 is 0 Å². The van der Waals surface area contributed by atoms with E-state index in [2.05, 4.69) is 36.2 Å². The Bertz CT molecular complexity index is 948. The zero-order chi connectivity index (χ0) is 22.7. The highest BCUT2D eigenvalue weighted by Gasteiger charge is 2.34. The number of ether oxygens (including phenoxy) is 2. The molecule has 2 aromatic rings. The molecule has 4 rings (SSSR count). The smallest absolute Gasteiger partial charge is 0.325 e. The summed E-state index contributed by atoms with van der Waals surface area (Å²) in [5.74, 6) is 1.19. The zero-order valence-electron chi connectivity index (χ0n) is 18.7. The number of likely N-dealkylation sites (tertiary alicyclic amines) is 1. The molecule has 3 heterocycles. The predicted octanol–water partition coefficient (Wildman–Crippen LogP) is 2.53. The monoisotopic (exact) mass is 439 g/mol. The van der Waals surface area contributed by atoms with Gasteiger partial charge in [0.05, 0.1) is 13.7 Å². The number of amides is 3. The number of benzene rings is 1. The second-order valence-corrected chi connectivity index (χ2v) is 8.38. The number of hydrogen-bond donors (Lipinski definition) is 0. The largest absolute Gasteiger partial charge is 0.480 e. The Kier molecular flexibility index (Phi) is 6.43. The SMILES string of the molecule is COc1ccc(OC2CCN(C(=O)CN3CCN(c4ccc(C(C)C)cc4)C3=O)C2)nn1. The molecule has 9 heteroatoms. The molecule has 9 nitrogen and oxygen atoms in total. The molecule has 0 bridgehead atoms. The molecule has 0 N–H and O–H groups in total. The second-order valence-electron chi connectivity index (χ2n) is 8.38. The average molecular weight is 440 g/mol. The van der Waals surface area contributed by atoms with Gasteiger partial charge in [-0.2, -0.15) is 0 Å². The Hall–Kier alpha value is -3.36. The molecular formula is C23H29N5O4. The minimum atomic E-state index is -0.146. The van der Waals surface area contributed by atoms with Crippen molar-refractivity contribution in [1.82, 2.24) is 20.0 Å². The van der Waals surface area contributed by atoms with Gasteiger partial charge in [-0.05, 0) is 23.6 Å². The molecule has 32 heavy (non-hydrogen) atoms. The number of carbonyl (C=O) groups excluding carboxylic acids is 2. The van der Waals surface area contributed by atoms with Crippen LogP contribution in [-0.2, 0) is 4.79 Å². The Labute approximate surface area is 187 Å². The number of hydrogen-bond acceptors (Lipinski definition) is 6. The third-order valence-electron chi connectivity index (χ3n) is 5.90. The van der Waals surface area contributed by atoms with Gasteiger partial charge in [0.15, 0.2) is 0 Å². The van der Waals surface area contributed by atoms with E-state index in [0.29, 0.717) is 50.3 Å². The van der Waals surface area contributed by atoms with Crippen LogP contribution in [-0.4, -0.2) is 77.9 Å². The third-order valence-corrected chi connectivity index (χ3v) is 5.90. The average Bonchev–Trinajstić information content (AvgIpc) is 3.41.